The fourth-order valence-electron chi connectivity index (χ4n) is 2.04. The van der Waals surface area contributed by atoms with Gasteiger partial charge in [-0.25, -0.2) is 0 Å². The third kappa shape index (κ3) is 4.35. The van der Waals surface area contributed by atoms with Gasteiger partial charge in [-0.3, -0.25) is 9.59 Å². The Morgan fingerprint density at radius 3 is 2.45 bits per heavy atom. The van der Waals surface area contributed by atoms with Crippen molar-refractivity contribution in [2.45, 2.75) is 44.7 Å². The monoisotopic (exact) mass is 278 g/mol. The number of carbonyl (C=O) groups is 2. The largest absolute Gasteiger partial charge is 0.481 e. The molecule has 0 aromatic heterocycles. The highest BCUT2D eigenvalue weighted by atomic mass is 16.4. The molecule has 0 aliphatic rings. The number of amides is 1. The molecule has 4 N–H and O–H groups in total. The molecule has 0 aliphatic carbocycles. The van der Waals surface area contributed by atoms with Crippen LogP contribution in [0.5, 0.6) is 0 Å². The normalized spacial score (nSPS) is 15.2. The van der Waals surface area contributed by atoms with Gasteiger partial charge in [0.25, 0.3) is 0 Å². The summed E-state index contributed by atoms with van der Waals surface area (Å²) in [4.78, 5) is 23.1. The molecule has 0 fully saturated rings. The van der Waals surface area contributed by atoms with Crippen molar-refractivity contribution in [1.82, 2.24) is 5.32 Å². The van der Waals surface area contributed by atoms with Crippen LogP contribution in [0, 0.1) is 0 Å². The molecule has 1 amide bonds. The van der Waals surface area contributed by atoms with Crippen molar-refractivity contribution in [3.05, 3.63) is 35.9 Å². The van der Waals surface area contributed by atoms with Crippen LogP contribution in [0.2, 0.25) is 0 Å². The maximum Gasteiger partial charge on any atom is 0.305 e. The Morgan fingerprint density at radius 2 is 1.95 bits per heavy atom. The van der Waals surface area contributed by atoms with E-state index in [1.54, 1.807) is 19.1 Å². The minimum Gasteiger partial charge on any atom is -0.481 e. The lowest BCUT2D eigenvalue weighted by Crippen LogP contribution is -2.52. The Morgan fingerprint density at radius 1 is 1.35 bits per heavy atom. The second-order valence-corrected chi connectivity index (χ2v) is 5.13. The van der Waals surface area contributed by atoms with E-state index in [4.69, 9.17) is 10.8 Å². The van der Waals surface area contributed by atoms with Gasteiger partial charge in [0, 0.05) is 6.04 Å². The van der Waals surface area contributed by atoms with Gasteiger partial charge in [-0.15, -0.1) is 0 Å². The van der Waals surface area contributed by atoms with E-state index in [2.05, 4.69) is 5.32 Å². The fraction of sp³-hybridized carbons (Fsp3) is 0.467. The van der Waals surface area contributed by atoms with Gasteiger partial charge in [0.1, 0.15) is 5.54 Å². The summed E-state index contributed by atoms with van der Waals surface area (Å²) >= 11 is 0. The van der Waals surface area contributed by atoms with Crippen molar-refractivity contribution < 1.29 is 14.7 Å². The van der Waals surface area contributed by atoms with E-state index in [1.807, 2.05) is 25.1 Å². The lowest BCUT2D eigenvalue weighted by molar-refractivity contribution is -0.138. The smallest absolute Gasteiger partial charge is 0.305 e. The van der Waals surface area contributed by atoms with Crippen LogP contribution >= 0.6 is 0 Å². The average Bonchev–Trinajstić information content (AvgIpc) is 2.39. The second kappa shape index (κ2) is 7.05. The summed E-state index contributed by atoms with van der Waals surface area (Å²) in [5.74, 6) is -1.29. The summed E-state index contributed by atoms with van der Waals surface area (Å²) < 4.78 is 0. The molecule has 110 valence electrons. The van der Waals surface area contributed by atoms with Crippen LogP contribution in [0.3, 0.4) is 0 Å². The number of nitrogens with two attached hydrogens (primary N) is 1. The first-order valence-corrected chi connectivity index (χ1v) is 6.75. The minimum atomic E-state index is -1.17. The summed E-state index contributed by atoms with van der Waals surface area (Å²) in [7, 11) is 0. The van der Waals surface area contributed by atoms with Crippen molar-refractivity contribution in [2.75, 3.05) is 0 Å². The molecule has 0 heterocycles. The zero-order valence-electron chi connectivity index (χ0n) is 11.9. The van der Waals surface area contributed by atoms with Crippen LogP contribution in [0.25, 0.3) is 0 Å². The molecule has 2 unspecified atom stereocenters. The fourth-order valence-corrected chi connectivity index (χ4v) is 2.04. The number of aliphatic carboxylic acids is 1. The Balaban J connectivity index is 2.79. The molecule has 0 saturated carbocycles. The SMILES string of the molecule is CCCC(CC(=O)O)NC(=O)C(C)(N)c1ccccc1. The first kappa shape index (κ1) is 16.2. The summed E-state index contributed by atoms with van der Waals surface area (Å²) in [5.41, 5.74) is 5.62. The zero-order valence-corrected chi connectivity index (χ0v) is 11.9. The molecule has 5 nitrogen and oxygen atoms in total. The van der Waals surface area contributed by atoms with E-state index in [-0.39, 0.29) is 12.3 Å². The predicted octanol–water partition coefficient (Wildman–Crippen LogP) is 1.62. The van der Waals surface area contributed by atoms with Gasteiger partial charge >= 0.3 is 5.97 Å². The number of carboxylic acids is 1. The number of rotatable bonds is 7. The van der Waals surface area contributed by atoms with Gasteiger partial charge < -0.3 is 16.2 Å². The van der Waals surface area contributed by atoms with Crippen molar-refractivity contribution in [2.24, 2.45) is 5.73 Å². The Kier molecular flexibility index (Phi) is 5.70. The molecular weight excluding hydrogens is 256 g/mol. The van der Waals surface area contributed by atoms with Gasteiger partial charge in [0.2, 0.25) is 5.91 Å². The van der Waals surface area contributed by atoms with Crippen LogP contribution in [0.15, 0.2) is 30.3 Å². The summed E-state index contributed by atoms with van der Waals surface area (Å²) in [6, 6.07) is 8.65. The van der Waals surface area contributed by atoms with Crippen LogP contribution in [0.4, 0.5) is 0 Å². The standard InChI is InChI=1S/C15H22N2O3/c1-3-7-12(10-13(18)19)17-14(20)15(2,16)11-8-5-4-6-9-11/h4-6,8-9,12H,3,7,10,16H2,1-2H3,(H,17,20)(H,18,19). The minimum absolute atomic E-state index is 0.0928. The Bertz CT molecular complexity index is 457. The van der Waals surface area contributed by atoms with Crippen LogP contribution in [-0.2, 0) is 15.1 Å². The number of carboxylic acid groups (broad SMARTS) is 1. The van der Waals surface area contributed by atoms with E-state index in [1.165, 1.54) is 0 Å². The molecule has 5 heteroatoms. The summed E-state index contributed by atoms with van der Waals surface area (Å²) in [5, 5.41) is 11.6. The molecule has 0 saturated heterocycles. The van der Waals surface area contributed by atoms with E-state index >= 15 is 0 Å². The number of benzene rings is 1. The Hall–Kier alpha value is -1.88. The maximum atomic E-state index is 12.3. The van der Waals surface area contributed by atoms with Crippen molar-refractivity contribution >= 4 is 11.9 Å². The van der Waals surface area contributed by atoms with E-state index in [0.717, 1.165) is 6.42 Å². The predicted molar refractivity (Wildman–Crippen MR) is 77.1 cm³/mol. The molecule has 0 radical (unpaired) electrons. The highest BCUT2D eigenvalue weighted by Gasteiger charge is 2.32. The maximum absolute atomic E-state index is 12.3. The Labute approximate surface area is 119 Å². The molecule has 0 aliphatic heterocycles. The van der Waals surface area contributed by atoms with Crippen LogP contribution in [0.1, 0.15) is 38.7 Å². The van der Waals surface area contributed by atoms with Crippen molar-refractivity contribution in [1.29, 1.82) is 0 Å². The van der Waals surface area contributed by atoms with Gasteiger partial charge in [-0.05, 0) is 18.9 Å². The molecule has 1 aromatic rings. The van der Waals surface area contributed by atoms with Crippen LogP contribution < -0.4 is 11.1 Å². The number of hydrogen-bond acceptors (Lipinski definition) is 3. The van der Waals surface area contributed by atoms with Crippen molar-refractivity contribution in [3.63, 3.8) is 0 Å². The second-order valence-electron chi connectivity index (χ2n) is 5.13. The van der Waals surface area contributed by atoms with Gasteiger partial charge in [-0.1, -0.05) is 43.7 Å². The van der Waals surface area contributed by atoms with E-state index < -0.39 is 17.6 Å². The zero-order chi connectivity index (χ0) is 15.2. The molecule has 20 heavy (non-hydrogen) atoms. The van der Waals surface area contributed by atoms with E-state index in [9.17, 15) is 9.59 Å². The third-order valence-corrected chi connectivity index (χ3v) is 3.24. The lowest BCUT2D eigenvalue weighted by Gasteiger charge is -2.27. The molecule has 0 spiro atoms. The summed E-state index contributed by atoms with van der Waals surface area (Å²) in [6.45, 7) is 3.57. The molecule has 1 rings (SSSR count). The molecule has 1 aromatic carbocycles. The van der Waals surface area contributed by atoms with Gasteiger partial charge in [0.05, 0.1) is 6.42 Å². The number of carbonyl (C=O) groups excluding carboxylic acids is 1. The highest BCUT2D eigenvalue weighted by Crippen LogP contribution is 2.18. The molecular formula is C15H22N2O3. The summed E-state index contributed by atoms with van der Waals surface area (Å²) in [6.07, 6.45) is 1.32. The number of hydrogen-bond donors (Lipinski definition) is 3. The average molecular weight is 278 g/mol. The third-order valence-electron chi connectivity index (χ3n) is 3.24. The van der Waals surface area contributed by atoms with Crippen molar-refractivity contribution in [3.8, 4) is 0 Å². The van der Waals surface area contributed by atoms with Crippen LogP contribution in [-0.4, -0.2) is 23.0 Å². The molecule has 2 atom stereocenters. The topological polar surface area (TPSA) is 92.4 Å². The highest BCUT2D eigenvalue weighted by molar-refractivity contribution is 5.87. The number of nitrogens with one attached hydrogen (secondary N) is 1. The lowest BCUT2D eigenvalue weighted by atomic mass is 9.91. The quantitative estimate of drug-likeness (QED) is 0.706. The van der Waals surface area contributed by atoms with Gasteiger partial charge in [-0.2, -0.15) is 0 Å². The first-order chi connectivity index (χ1) is 9.37. The molecule has 0 bridgehead atoms. The first-order valence-electron chi connectivity index (χ1n) is 6.75. The van der Waals surface area contributed by atoms with Gasteiger partial charge in [0.15, 0.2) is 0 Å². The van der Waals surface area contributed by atoms with E-state index in [0.29, 0.717) is 12.0 Å².